The zero-order chi connectivity index (χ0) is 25.5. The predicted octanol–water partition coefficient (Wildman–Crippen LogP) is 5.14. The Morgan fingerprint density at radius 3 is 2.36 bits per heavy atom. The fraction of sp³-hybridized carbons (Fsp3) is 0.357. The summed E-state index contributed by atoms with van der Waals surface area (Å²) in [5.74, 6) is 1.00. The third kappa shape index (κ3) is 5.48. The lowest BCUT2D eigenvalue weighted by molar-refractivity contribution is -0.123. The smallest absolute Gasteiger partial charge is 0.295 e. The van der Waals surface area contributed by atoms with Gasteiger partial charge in [-0.25, -0.2) is 0 Å². The van der Waals surface area contributed by atoms with Gasteiger partial charge in [-0.1, -0.05) is 25.0 Å². The molecule has 190 valence electrons. The van der Waals surface area contributed by atoms with Crippen LogP contribution in [0.15, 0.2) is 65.3 Å². The van der Waals surface area contributed by atoms with Gasteiger partial charge in [0.05, 0.1) is 32.8 Å². The number of benzene rings is 2. The molecule has 2 amide bonds. The predicted molar refractivity (Wildman–Crippen MR) is 136 cm³/mol. The zero-order valence-electron chi connectivity index (χ0n) is 20.9. The van der Waals surface area contributed by atoms with E-state index in [4.69, 9.17) is 18.6 Å². The van der Waals surface area contributed by atoms with Gasteiger partial charge in [0, 0.05) is 12.1 Å². The van der Waals surface area contributed by atoms with Crippen LogP contribution in [0.3, 0.4) is 0 Å². The zero-order valence-corrected chi connectivity index (χ0v) is 20.9. The Morgan fingerprint density at radius 2 is 1.75 bits per heavy atom. The number of methoxy groups -OCH3 is 2. The standard InChI is InChI=1S/C28H32N2O6/c1-4-35-21-13-11-19(12-14-21)26(27(31)29-20-8-5-6-9-20)30(28(32)24-10-7-17-36-24)23-16-15-22(33-2)18-25(23)34-3/h7,10-18,20,26H,4-6,8-9H2,1-3H3,(H,29,31). The van der Waals surface area contributed by atoms with Gasteiger partial charge in [0.25, 0.3) is 5.91 Å². The van der Waals surface area contributed by atoms with Crippen LogP contribution in [-0.2, 0) is 4.79 Å². The molecule has 36 heavy (non-hydrogen) atoms. The highest BCUT2D eigenvalue weighted by Crippen LogP contribution is 2.39. The Morgan fingerprint density at radius 1 is 1.03 bits per heavy atom. The third-order valence-electron chi connectivity index (χ3n) is 6.31. The van der Waals surface area contributed by atoms with E-state index in [9.17, 15) is 9.59 Å². The van der Waals surface area contributed by atoms with Crippen LogP contribution in [-0.4, -0.2) is 38.7 Å². The number of carbonyl (C=O) groups excluding carboxylic acids is 2. The van der Waals surface area contributed by atoms with Crippen LogP contribution in [0.4, 0.5) is 5.69 Å². The molecule has 0 bridgehead atoms. The maximum atomic E-state index is 13.9. The van der Waals surface area contributed by atoms with Gasteiger partial charge in [0.2, 0.25) is 5.91 Å². The quantitative estimate of drug-likeness (QED) is 0.421. The minimum absolute atomic E-state index is 0.0704. The van der Waals surface area contributed by atoms with E-state index in [0.29, 0.717) is 35.1 Å². The van der Waals surface area contributed by atoms with Crippen molar-refractivity contribution < 1.29 is 28.2 Å². The Bertz CT molecular complexity index is 1150. The first kappa shape index (κ1) is 25.2. The van der Waals surface area contributed by atoms with Gasteiger partial charge < -0.3 is 23.9 Å². The van der Waals surface area contributed by atoms with Crippen molar-refractivity contribution in [1.29, 1.82) is 0 Å². The fourth-order valence-electron chi connectivity index (χ4n) is 4.55. The average molecular weight is 493 g/mol. The summed E-state index contributed by atoms with van der Waals surface area (Å²) in [5, 5.41) is 3.17. The van der Waals surface area contributed by atoms with Crippen molar-refractivity contribution in [1.82, 2.24) is 5.32 Å². The Labute approximate surface area is 211 Å². The molecule has 0 saturated heterocycles. The summed E-state index contributed by atoms with van der Waals surface area (Å²) in [6.07, 6.45) is 5.40. The first-order chi connectivity index (χ1) is 17.5. The number of rotatable bonds is 10. The van der Waals surface area contributed by atoms with E-state index in [1.807, 2.05) is 19.1 Å². The Hall–Kier alpha value is -3.94. The van der Waals surface area contributed by atoms with Gasteiger partial charge >= 0.3 is 0 Å². The van der Waals surface area contributed by atoms with Crippen molar-refractivity contribution in [2.24, 2.45) is 0 Å². The van der Waals surface area contributed by atoms with Crippen LogP contribution < -0.4 is 24.4 Å². The molecule has 2 aromatic carbocycles. The molecule has 0 aliphatic heterocycles. The number of furan rings is 1. The number of ether oxygens (including phenoxy) is 3. The Kier molecular flexibility index (Phi) is 8.15. The third-order valence-corrected chi connectivity index (χ3v) is 6.31. The van der Waals surface area contributed by atoms with Crippen molar-refractivity contribution >= 4 is 17.5 Å². The SMILES string of the molecule is CCOc1ccc(C(C(=O)NC2CCCC2)N(C(=O)c2ccco2)c2ccc(OC)cc2OC)cc1. The van der Waals surface area contributed by atoms with Gasteiger partial charge in [-0.3, -0.25) is 14.5 Å². The number of carbonyl (C=O) groups is 2. The van der Waals surface area contributed by atoms with Crippen LogP contribution >= 0.6 is 0 Å². The number of anilines is 1. The molecule has 1 fully saturated rings. The molecule has 1 N–H and O–H groups in total. The molecule has 8 heteroatoms. The molecular weight excluding hydrogens is 460 g/mol. The van der Waals surface area contributed by atoms with E-state index in [1.165, 1.54) is 18.3 Å². The monoisotopic (exact) mass is 492 g/mol. The molecule has 8 nitrogen and oxygen atoms in total. The summed E-state index contributed by atoms with van der Waals surface area (Å²) < 4.78 is 22.0. The second-order valence-corrected chi connectivity index (χ2v) is 8.58. The number of nitrogens with zero attached hydrogens (tertiary/aromatic N) is 1. The molecule has 0 radical (unpaired) electrons. The molecule has 1 saturated carbocycles. The number of hydrogen-bond acceptors (Lipinski definition) is 6. The van der Waals surface area contributed by atoms with Gasteiger partial charge in [-0.05, 0) is 61.7 Å². The van der Waals surface area contributed by atoms with Crippen LogP contribution in [0, 0.1) is 0 Å². The van der Waals surface area contributed by atoms with Crippen molar-refractivity contribution in [3.8, 4) is 17.2 Å². The number of hydrogen-bond donors (Lipinski definition) is 1. The fourth-order valence-corrected chi connectivity index (χ4v) is 4.55. The van der Waals surface area contributed by atoms with Crippen LogP contribution in [0.5, 0.6) is 17.2 Å². The minimum Gasteiger partial charge on any atom is -0.497 e. The van der Waals surface area contributed by atoms with E-state index in [-0.39, 0.29) is 17.7 Å². The second kappa shape index (κ2) is 11.7. The molecule has 1 aliphatic rings. The first-order valence-electron chi connectivity index (χ1n) is 12.2. The van der Waals surface area contributed by atoms with Gasteiger partial charge in [-0.2, -0.15) is 0 Å². The molecular formula is C28H32N2O6. The van der Waals surface area contributed by atoms with Crippen molar-refractivity contribution in [3.63, 3.8) is 0 Å². The number of nitrogens with one attached hydrogen (secondary N) is 1. The molecule has 0 spiro atoms. The maximum Gasteiger partial charge on any atom is 0.295 e. The van der Waals surface area contributed by atoms with Crippen LogP contribution in [0.25, 0.3) is 0 Å². The van der Waals surface area contributed by atoms with Gasteiger partial charge in [-0.15, -0.1) is 0 Å². The summed E-state index contributed by atoms with van der Waals surface area (Å²) in [7, 11) is 3.07. The lowest BCUT2D eigenvalue weighted by Gasteiger charge is -2.32. The summed E-state index contributed by atoms with van der Waals surface area (Å²) in [4.78, 5) is 29.2. The van der Waals surface area contributed by atoms with Crippen LogP contribution in [0.1, 0.15) is 54.8 Å². The lowest BCUT2D eigenvalue weighted by atomic mass is 10.0. The topological polar surface area (TPSA) is 90.2 Å². The molecule has 1 atom stereocenters. The van der Waals surface area contributed by atoms with Gasteiger partial charge in [0.15, 0.2) is 5.76 Å². The molecule has 1 heterocycles. The van der Waals surface area contributed by atoms with E-state index in [0.717, 1.165) is 25.7 Å². The minimum atomic E-state index is -0.985. The maximum absolute atomic E-state index is 13.9. The summed E-state index contributed by atoms with van der Waals surface area (Å²) in [6, 6.07) is 14.6. The highest BCUT2D eigenvalue weighted by molar-refractivity contribution is 6.09. The highest BCUT2D eigenvalue weighted by Gasteiger charge is 2.37. The highest BCUT2D eigenvalue weighted by atomic mass is 16.5. The van der Waals surface area contributed by atoms with E-state index < -0.39 is 11.9 Å². The lowest BCUT2D eigenvalue weighted by Crippen LogP contribution is -2.46. The molecule has 3 aromatic rings. The largest absolute Gasteiger partial charge is 0.497 e. The molecule has 1 aliphatic carbocycles. The second-order valence-electron chi connectivity index (χ2n) is 8.58. The summed E-state index contributed by atoms with van der Waals surface area (Å²) >= 11 is 0. The molecule has 1 aromatic heterocycles. The summed E-state index contributed by atoms with van der Waals surface area (Å²) in [6.45, 7) is 2.43. The molecule has 4 rings (SSSR count). The average Bonchev–Trinajstić information content (AvgIpc) is 3.62. The normalized spacial score (nSPS) is 14.2. The van der Waals surface area contributed by atoms with Crippen molar-refractivity contribution in [2.75, 3.05) is 25.7 Å². The van der Waals surface area contributed by atoms with E-state index >= 15 is 0 Å². The van der Waals surface area contributed by atoms with Crippen molar-refractivity contribution in [3.05, 3.63) is 72.2 Å². The van der Waals surface area contributed by atoms with E-state index in [2.05, 4.69) is 5.32 Å². The van der Waals surface area contributed by atoms with Gasteiger partial charge in [0.1, 0.15) is 23.3 Å². The van der Waals surface area contributed by atoms with E-state index in [1.54, 1.807) is 49.6 Å². The molecule has 1 unspecified atom stereocenters. The van der Waals surface area contributed by atoms with Crippen molar-refractivity contribution in [2.45, 2.75) is 44.7 Å². The number of amides is 2. The Balaban J connectivity index is 1.84. The summed E-state index contributed by atoms with van der Waals surface area (Å²) in [5.41, 5.74) is 1.05. The van der Waals surface area contributed by atoms with Crippen LogP contribution in [0.2, 0.25) is 0 Å². The first-order valence-corrected chi connectivity index (χ1v) is 12.2.